The van der Waals surface area contributed by atoms with Gasteiger partial charge in [-0.3, -0.25) is 4.79 Å². The average Bonchev–Trinajstić information content (AvgIpc) is 2.54. The first-order valence-corrected chi connectivity index (χ1v) is 8.19. The van der Waals surface area contributed by atoms with E-state index in [9.17, 15) is 18.3 Å². The number of nitrogens with zero attached hydrogens (tertiary/aromatic N) is 1. The summed E-state index contributed by atoms with van der Waals surface area (Å²) in [4.78, 5) is 12.0. The number of primary sulfonamides is 1. The first-order chi connectivity index (χ1) is 11.3. The Morgan fingerprint density at radius 1 is 1.12 bits per heavy atom. The molecule has 0 spiro atoms. The van der Waals surface area contributed by atoms with Crippen LogP contribution in [0.5, 0.6) is 5.75 Å². The second-order valence-corrected chi connectivity index (χ2v) is 6.35. The molecule has 7 nitrogen and oxygen atoms in total. The minimum absolute atomic E-state index is 0.0741. The zero-order chi connectivity index (χ0) is 17.7. The Balaban J connectivity index is 2.18. The predicted molar refractivity (Wildman–Crippen MR) is 88.1 cm³/mol. The molecule has 4 N–H and O–H groups in total. The first-order valence-electron chi connectivity index (χ1n) is 6.64. The van der Waals surface area contributed by atoms with Crippen molar-refractivity contribution in [2.45, 2.75) is 4.90 Å². The van der Waals surface area contributed by atoms with Gasteiger partial charge in [-0.05, 0) is 48.0 Å². The van der Waals surface area contributed by atoms with Crippen LogP contribution in [0.1, 0.15) is 5.56 Å². The molecule has 8 heteroatoms. The molecule has 0 aliphatic heterocycles. The number of nitriles is 1. The number of benzene rings is 2. The van der Waals surface area contributed by atoms with Gasteiger partial charge in [0.1, 0.15) is 17.4 Å². The molecular formula is C16H13N3O4S. The van der Waals surface area contributed by atoms with E-state index in [0.717, 1.165) is 0 Å². The third-order valence-electron chi connectivity index (χ3n) is 3.01. The third kappa shape index (κ3) is 4.42. The van der Waals surface area contributed by atoms with Crippen molar-refractivity contribution in [1.29, 1.82) is 5.26 Å². The molecule has 0 aromatic heterocycles. The summed E-state index contributed by atoms with van der Waals surface area (Å²) in [6.07, 6.45) is 1.37. The van der Waals surface area contributed by atoms with Crippen molar-refractivity contribution in [2.75, 3.05) is 5.32 Å². The van der Waals surface area contributed by atoms with Crippen LogP contribution >= 0.6 is 0 Å². The van der Waals surface area contributed by atoms with E-state index >= 15 is 0 Å². The Labute approximate surface area is 138 Å². The Morgan fingerprint density at radius 3 is 2.21 bits per heavy atom. The number of phenolic OH excluding ortho intramolecular Hbond substituents is 1. The molecule has 0 unspecified atom stereocenters. The van der Waals surface area contributed by atoms with Crippen molar-refractivity contribution in [1.82, 2.24) is 0 Å². The van der Waals surface area contributed by atoms with Crippen molar-refractivity contribution < 1.29 is 18.3 Å². The molecule has 2 aromatic rings. The number of nitrogens with one attached hydrogen (secondary N) is 1. The van der Waals surface area contributed by atoms with E-state index in [1.807, 2.05) is 0 Å². The summed E-state index contributed by atoms with van der Waals surface area (Å²) in [5.41, 5.74) is 0.750. The SMILES string of the molecule is N#C/C(=C\c1ccc(O)cc1)C(=O)Nc1ccc(S(N)(=O)=O)cc1. The van der Waals surface area contributed by atoms with Gasteiger partial charge >= 0.3 is 0 Å². The van der Waals surface area contributed by atoms with Crippen LogP contribution in [0, 0.1) is 11.3 Å². The molecule has 122 valence electrons. The van der Waals surface area contributed by atoms with Crippen molar-refractivity contribution in [2.24, 2.45) is 5.14 Å². The van der Waals surface area contributed by atoms with Gasteiger partial charge in [0.25, 0.3) is 5.91 Å². The highest BCUT2D eigenvalue weighted by molar-refractivity contribution is 7.89. The number of hydrogen-bond donors (Lipinski definition) is 3. The number of anilines is 1. The largest absolute Gasteiger partial charge is 0.508 e. The lowest BCUT2D eigenvalue weighted by Crippen LogP contribution is -2.14. The predicted octanol–water partition coefficient (Wildman–Crippen LogP) is 1.59. The molecule has 0 saturated carbocycles. The van der Waals surface area contributed by atoms with Crippen LogP contribution in [0.25, 0.3) is 6.08 Å². The zero-order valence-electron chi connectivity index (χ0n) is 12.3. The maximum Gasteiger partial charge on any atom is 0.266 e. The van der Waals surface area contributed by atoms with Gasteiger partial charge in [0, 0.05) is 5.69 Å². The van der Waals surface area contributed by atoms with Crippen molar-refractivity contribution >= 4 is 27.7 Å². The monoisotopic (exact) mass is 343 g/mol. The van der Waals surface area contributed by atoms with Gasteiger partial charge < -0.3 is 10.4 Å². The lowest BCUT2D eigenvalue weighted by Gasteiger charge is -2.05. The van der Waals surface area contributed by atoms with Gasteiger partial charge in [-0.1, -0.05) is 12.1 Å². The maximum absolute atomic E-state index is 12.1. The van der Waals surface area contributed by atoms with Crippen LogP contribution in [0.15, 0.2) is 59.0 Å². The van der Waals surface area contributed by atoms with E-state index in [1.165, 1.54) is 42.5 Å². The quantitative estimate of drug-likeness (QED) is 0.572. The number of carbonyl (C=O) groups excluding carboxylic acids is 1. The van der Waals surface area contributed by atoms with Crippen LogP contribution in [0.3, 0.4) is 0 Å². The molecule has 0 fully saturated rings. The number of carbonyl (C=O) groups is 1. The minimum Gasteiger partial charge on any atom is -0.508 e. The number of aromatic hydroxyl groups is 1. The number of rotatable bonds is 4. The van der Waals surface area contributed by atoms with Crippen LogP contribution in [-0.2, 0) is 14.8 Å². The lowest BCUT2D eigenvalue weighted by atomic mass is 10.1. The second kappa shape index (κ2) is 6.95. The Morgan fingerprint density at radius 2 is 1.71 bits per heavy atom. The van der Waals surface area contributed by atoms with Crippen molar-refractivity contribution in [3.8, 4) is 11.8 Å². The summed E-state index contributed by atoms with van der Waals surface area (Å²) in [6, 6.07) is 13.0. The summed E-state index contributed by atoms with van der Waals surface area (Å²) in [5.74, 6) is -0.570. The number of phenols is 1. The molecule has 2 aromatic carbocycles. The van der Waals surface area contributed by atoms with E-state index in [4.69, 9.17) is 10.4 Å². The van der Waals surface area contributed by atoms with Gasteiger partial charge in [-0.15, -0.1) is 0 Å². The highest BCUT2D eigenvalue weighted by atomic mass is 32.2. The first kappa shape index (κ1) is 17.2. The van der Waals surface area contributed by atoms with Crippen LogP contribution in [0.4, 0.5) is 5.69 Å². The standard InChI is InChI=1S/C16H13N3O4S/c17-10-12(9-11-1-5-14(20)6-2-11)16(21)19-13-3-7-15(8-4-13)24(18,22)23/h1-9,20H,(H,19,21)(H2,18,22,23)/b12-9+. The summed E-state index contributed by atoms with van der Waals surface area (Å²) in [7, 11) is -3.81. The highest BCUT2D eigenvalue weighted by Gasteiger charge is 2.11. The molecule has 0 aliphatic carbocycles. The van der Waals surface area contributed by atoms with Crippen LogP contribution in [0.2, 0.25) is 0 Å². The lowest BCUT2D eigenvalue weighted by molar-refractivity contribution is -0.112. The number of hydrogen-bond acceptors (Lipinski definition) is 5. The fraction of sp³-hybridized carbons (Fsp3) is 0. The van der Waals surface area contributed by atoms with Gasteiger partial charge in [0.15, 0.2) is 0 Å². The van der Waals surface area contributed by atoms with Crippen LogP contribution in [-0.4, -0.2) is 19.4 Å². The molecule has 24 heavy (non-hydrogen) atoms. The third-order valence-corrected chi connectivity index (χ3v) is 3.94. The highest BCUT2D eigenvalue weighted by Crippen LogP contribution is 2.16. The molecule has 2 rings (SSSR count). The van der Waals surface area contributed by atoms with Gasteiger partial charge in [-0.2, -0.15) is 5.26 Å². The molecule has 0 saturated heterocycles. The smallest absolute Gasteiger partial charge is 0.266 e. The molecule has 0 aliphatic rings. The second-order valence-electron chi connectivity index (χ2n) is 4.78. The number of nitrogens with two attached hydrogens (primary N) is 1. The molecule has 1 amide bonds. The minimum atomic E-state index is -3.81. The normalized spacial score (nSPS) is 11.6. The average molecular weight is 343 g/mol. The van der Waals surface area contributed by atoms with Gasteiger partial charge in [-0.25, -0.2) is 13.6 Å². The van der Waals surface area contributed by atoms with E-state index in [2.05, 4.69) is 5.32 Å². The van der Waals surface area contributed by atoms with E-state index in [1.54, 1.807) is 18.2 Å². The zero-order valence-corrected chi connectivity index (χ0v) is 13.1. The summed E-state index contributed by atoms with van der Waals surface area (Å²) in [5, 5.41) is 25.8. The van der Waals surface area contributed by atoms with Crippen molar-refractivity contribution in [3.05, 3.63) is 59.7 Å². The van der Waals surface area contributed by atoms with Gasteiger partial charge in [0.05, 0.1) is 4.90 Å². The Kier molecular flexibility index (Phi) is 4.99. The van der Waals surface area contributed by atoms with E-state index in [0.29, 0.717) is 11.3 Å². The number of sulfonamides is 1. The number of amides is 1. The Bertz CT molecular complexity index is 925. The summed E-state index contributed by atoms with van der Waals surface area (Å²) in [6.45, 7) is 0. The fourth-order valence-electron chi connectivity index (χ4n) is 1.81. The summed E-state index contributed by atoms with van der Waals surface area (Å²) >= 11 is 0. The fourth-order valence-corrected chi connectivity index (χ4v) is 2.33. The molecular weight excluding hydrogens is 330 g/mol. The van der Waals surface area contributed by atoms with Crippen molar-refractivity contribution in [3.63, 3.8) is 0 Å². The molecule has 0 bridgehead atoms. The molecule has 0 heterocycles. The maximum atomic E-state index is 12.1. The van der Waals surface area contributed by atoms with Crippen LogP contribution < -0.4 is 10.5 Å². The van der Waals surface area contributed by atoms with E-state index in [-0.39, 0.29) is 16.2 Å². The summed E-state index contributed by atoms with van der Waals surface area (Å²) < 4.78 is 22.3. The Hall–Kier alpha value is -3.15. The molecule has 0 atom stereocenters. The van der Waals surface area contributed by atoms with Gasteiger partial charge in [0.2, 0.25) is 10.0 Å². The van der Waals surface area contributed by atoms with E-state index < -0.39 is 15.9 Å². The molecule has 0 radical (unpaired) electrons. The topological polar surface area (TPSA) is 133 Å².